The van der Waals surface area contributed by atoms with E-state index in [0.29, 0.717) is 34.0 Å². The van der Waals surface area contributed by atoms with Gasteiger partial charge in [0.05, 0.1) is 30.4 Å². The number of hydrogen-bond acceptors (Lipinski definition) is 4. The van der Waals surface area contributed by atoms with E-state index in [1.165, 1.54) is 16.4 Å². The molecule has 85 heavy (non-hydrogen) atoms. The van der Waals surface area contributed by atoms with E-state index in [9.17, 15) is 0 Å². The van der Waals surface area contributed by atoms with Crippen molar-refractivity contribution in [2.45, 2.75) is 26.2 Å². The largest absolute Gasteiger partial charge is 0.510 e. The van der Waals surface area contributed by atoms with Gasteiger partial charge in [0.1, 0.15) is 5.82 Å². The number of hydrogen-bond donors (Lipinski definition) is 0. The van der Waals surface area contributed by atoms with Crippen LogP contribution in [0, 0.1) is 18.5 Å². The van der Waals surface area contributed by atoms with Crippen molar-refractivity contribution in [3.8, 4) is 50.9 Å². The molecule has 3 aromatic heterocycles. The average molecular weight is 1280 g/mol. The first-order valence-electron chi connectivity index (χ1n) is 32.8. The number of anilines is 6. The number of rotatable bonds is 9. The molecule has 0 radical (unpaired) electrons. The van der Waals surface area contributed by atoms with Crippen molar-refractivity contribution in [2.75, 3.05) is 9.80 Å². The Bertz CT molecular complexity index is 5370. The van der Waals surface area contributed by atoms with Gasteiger partial charge in [-0.1, -0.05) is 207 Å². The van der Waals surface area contributed by atoms with E-state index in [1.54, 1.807) is 33.4 Å². The number of benzene rings is 11. The molecule has 0 spiro atoms. The summed E-state index contributed by atoms with van der Waals surface area (Å²) in [6.07, 6.45) is 5.35. The summed E-state index contributed by atoms with van der Waals surface area (Å²) in [4.78, 5) is 10.0. The molecule has 0 amide bonds. The van der Waals surface area contributed by atoms with Crippen LogP contribution in [0.15, 0.2) is 267 Å². The van der Waals surface area contributed by atoms with Gasteiger partial charge in [0.25, 0.3) is 13.0 Å². The van der Waals surface area contributed by atoms with Crippen molar-refractivity contribution in [3.05, 3.63) is 291 Å². The number of fused-ring (bicyclic) bond motifs is 9. The topological polar surface area (TPSA) is 42.3 Å². The number of pyridine rings is 1. The molecule has 408 valence electrons. The number of ether oxygens (including phenoxy) is 1. The van der Waals surface area contributed by atoms with Crippen LogP contribution in [0.25, 0.3) is 72.3 Å². The van der Waals surface area contributed by atoms with Gasteiger partial charge in [-0.3, -0.25) is 4.57 Å². The van der Waals surface area contributed by atoms with Crippen LogP contribution in [-0.4, -0.2) is 20.8 Å². The van der Waals surface area contributed by atoms with Crippen molar-refractivity contribution in [3.63, 3.8) is 0 Å². The number of aromatic nitrogens is 4. The van der Waals surface area contributed by atoms with E-state index < -0.39 is 60.4 Å². The smallest absolute Gasteiger partial charge is 0.268 e. The minimum absolute atomic E-state index is 0. The maximum Gasteiger partial charge on any atom is 0.268 e. The molecule has 16 rings (SSSR count). The van der Waals surface area contributed by atoms with Crippen molar-refractivity contribution in [1.29, 1.82) is 0 Å². The maximum atomic E-state index is 9.17. The van der Waals surface area contributed by atoms with Crippen molar-refractivity contribution < 1.29 is 44.1 Å². The summed E-state index contributed by atoms with van der Waals surface area (Å²) >= 11 is 0. The van der Waals surface area contributed by atoms with Crippen molar-refractivity contribution in [2.24, 2.45) is 0 Å². The molecule has 0 N–H and O–H groups in total. The Morgan fingerprint density at radius 3 is 1.84 bits per heavy atom. The zero-order valence-electron chi connectivity index (χ0n) is 56.1. The molecule has 5 heterocycles. The van der Waals surface area contributed by atoms with Crippen LogP contribution < -0.4 is 35.5 Å². The van der Waals surface area contributed by atoms with Crippen LogP contribution >= 0.6 is 0 Å². The minimum Gasteiger partial charge on any atom is -0.510 e. The summed E-state index contributed by atoms with van der Waals surface area (Å²) in [6, 6.07) is 68.8. The monoisotopic (exact) mass is 1280 g/mol. The minimum atomic E-state index is -0.580. The van der Waals surface area contributed by atoms with Gasteiger partial charge in [-0.2, -0.15) is 18.2 Å². The molecule has 0 bridgehead atoms. The number of nitrogens with zero attached hydrogens (tertiary/aromatic N) is 6. The van der Waals surface area contributed by atoms with E-state index >= 15 is 0 Å². The second-order valence-electron chi connectivity index (χ2n) is 22.0. The molecular weight excluding hydrogens is 1220 g/mol. The summed E-state index contributed by atoms with van der Waals surface area (Å²) in [5, 5.41) is 1.94. The Kier molecular flexibility index (Phi) is 10.2. The molecule has 14 aromatic rings. The number of imidazole rings is 1. The van der Waals surface area contributed by atoms with Crippen LogP contribution in [0.4, 0.5) is 34.1 Å². The van der Waals surface area contributed by atoms with Gasteiger partial charge in [0, 0.05) is 78.4 Å². The Labute approximate surface area is 523 Å². The van der Waals surface area contributed by atoms with Crippen LogP contribution in [0.1, 0.15) is 40.0 Å². The Hall–Kier alpha value is -10.0. The fraction of sp³-hybridized carbons (Fsp3) is 0.0526. The molecule has 0 fully saturated rings. The molecule has 0 aliphatic carbocycles. The first kappa shape index (κ1) is 41.9. The quantitative estimate of drug-likeness (QED) is 0.0821. The fourth-order valence-electron chi connectivity index (χ4n) is 12.5. The van der Waals surface area contributed by atoms with E-state index in [1.807, 2.05) is 60.8 Å². The molecule has 11 aromatic carbocycles. The van der Waals surface area contributed by atoms with Crippen LogP contribution in [0.2, 0.25) is 0 Å². The Morgan fingerprint density at radius 2 is 1.15 bits per heavy atom. The summed E-state index contributed by atoms with van der Waals surface area (Å²) in [5.41, 5.74) is 14.0. The third-order valence-electron chi connectivity index (χ3n) is 16.1. The molecule has 0 saturated carbocycles. The van der Waals surface area contributed by atoms with Crippen molar-refractivity contribution >= 4 is 90.1 Å². The summed E-state index contributed by atoms with van der Waals surface area (Å²) < 4.78 is 101. The second-order valence-corrected chi connectivity index (χ2v) is 22.0. The van der Waals surface area contributed by atoms with Gasteiger partial charge < -0.3 is 23.7 Å². The van der Waals surface area contributed by atoms with E-state index in [4.69, 9.17) is 23.4 Å². The zero-order valence-corrected chi connectivity index (χ0v) is 48.4. The SMILES string of the molecule is [2H]c1c([2H])c([2H])c(-c2cccc(-c3c([2H])c([2H])c([2H])c([2H])c3[2H])c2-[n+]2[c-]n(-c3[c-]c(Oc4[c-]c5c(cc4)c4c6c7c(cc4n5-c4cc(C(C)(C)C)ccn4)N(c4ccccc4)c4ccccc4B7c4ccccc4N6c4ccccc4)ccc3)c3ccccc32)c([2H])c1[2H].[Pt]. The summed E-state index contributed by atoms with van der Waals surface area (Å²) in [7, 11) is 0. The predicted molar refractivity (Wildman–Crippen MR) is 344 cm³/mol. The van der Waals surface area contributed by atoms with Gasteiger partial charge in [-0.25, -0.2) is 4.98 Å². The van der Waals surface area contributed by atoms with Gasteiger partial charge in [0.15, 0.2) is 0 Å². The molecule has 0 saturated heterocycles. The zero-order chi connectivity index (χ0) is 64.7. The standard InChI is InChI=1S/C76H53BN6O.Pt/c1-76(2,3)53-44-45-78-71(46-53)83-68-48-58(84-57-33-22-32-56(47-57)79-50-80(67-41-21-20-40-66(67)79)74-59(51-24-8-4-9-25-51)34-23-35-60(74)52-26-10-5-11-27-52)42-43-61(68)72-69(83)49-70-73-75(72)82(55-30-14-7-15-31-55)65-39-19-17-37-63(65)77(73)62-36-16-18-38-64(62)81(70)54-28-12-6-13-29-54;/h4-46,49H,1-3H3;/q-2;/i4D,5D,8D,9D,10D,11D,24D,25D,26D,27D;. The average Bonchev–Trinajstić information content (AvgIpc) is 1.59. The van der Waals surface area contributed by atoms with Crippen molar-refractivity contribution in [1.82, 2.24) is 14.1 Å². The van der Waals surface area contributed by atoms with Crippen LogP contribution in [0.3, 0.4) is 0 Å². The first-order valence-corrected chi connectivity index (χ1v) is 27.8. The number of para-hydroxylation sites is 7. The molecular formula is C76H53BN6OPt-2. The van der Waals surface area contributed by atoms with E-state index in [-0.39, 0.29) is 61.1 Å². The maximum absolute atomic E-state index is 9.17. The fourth-order valence-corrected chi connectivity index (χ4v) is 12.5. The summed E-state index contributed by atoms with van der Waals surface area (Å²) in [6.45, 7) is 6.46. The molecule has 9 heteroatoms. The molecule has 7 nitrogen and oxygen atoms in total. The van der Waals surface area contributed by atoms with E-state index in [0.717, 1.165) is 61.5 Å². The third kappa shape index (κ3) is 8.53. The predicted octanol–water partition coefficient (Wildman–Crippen LogP) is 16.3. The van der Waals surface area contributed by atoms with Gasteiger partial charge in [-0.15, -0.1) is 24.3 Å². The second kappa shape index (κ2) is 20.7. The summed E-state index contributed by atoms with van der Waals surface area (Å²) in [5.74, 6) is 1.43. The molecule has 0 atom stereocenters. The molecule has 0 unspecified atom stereocenters. The van der Waals surface area contributed by atoms with Gasteiger partial charge in [-0.05, 0) is 115 Å². The Balaban J connectivity index is 0.00000743. The van der Waals surface area contributed by atoms with Gasteiger partial charge >= 0.3 is 0 Å². The molecule has 2 aliphatic rings. The van der Waals surface area contributed by atoms with E-state index in [2.05, 4.69) is 175 Å². The Morgan fingerprint density at radius 1 is 0.553 bits per heavy atom. The van der Waals surface area contributed by atoms with Gasteiger partial charge in [0.2, 0.25) is 0 Å². The van der Waals surface area contributed by atoms with Crippen LogP contribution in [0.5, 0.6) is 11.5 Å². The normalized spacial score (nSPS) is 14.1. The molecule has 2 aliphatic heterocycles. The first-order chi connectivity index (χ1) is 45.5. The van der Waals surface area contributed by atoms with Crippen LogP contribution in [-0.2, 0) is 26.5 Å². The third-order valence-corrected chi connectivity index (χ3v) is 16.1.